The first-order valence-electron chi connectivity index (χ1n) is 17.1. The minimum atomic E-state index is -1.08. The highest BCUT2D eigenvalue weighted by molar-refractivity contribution is 6.60. The molecule has 45 heavy (non-hydrogen) atoms. The first kappa shape index (κ1) is 28.9. The van der Waals surface area contributed by atoms with E-state index in [0.717, 1.165) is 6.42 Å². The zero-order valence-electron chi connectivity index (χ0n) is 28.4. The highest BCUT2D eigenvalue weighted by atomic mass is 28.2. The van der Waals surface area contributed by atoms with Crippen LogP contribution in [0.4, 0.5) is 0 Å². The van der Waals surface area contributed by atoms with Gasteiger partial charge in [-0.3, -0.25) is 0 Å². The minimum absolute atomic E-state index is 0.159. The summed E-state index contributed by atoms with van der Waals surface area (Å²) in [4.78, 5) is 0. The van der Waals surface area contributed by atoms with Gasteiger partial charge in [0.25, 0.3) is 0 Å². The Bertz CT molecular complexity index is 1990. The third-order valence-corrected chi connectivity index (χ3v) is 15.5. The van der Waals surface area contributed by atoms with Gasteiger partial charge >= 0.3 is 0 Å². The summed E-state index contributed by atoms with van der Waals surface area (Å²) in [7, 11) is -1.08. The van der Waals surface area contributed by atoms with Crippen LogP contribution in [0.3, 0.4) is 0 Å². The SMILES string of the molecule is CC1=Cc2c(cc3c(c2-c2ccc(C(C)(C)C)cc2)CCC3)C1c1ccc2c([si]1C1C(C)=C(C)C(C)=C1C)Cc1ccccc1-2. The van der Waals surface area contributed by atoms with Gasteiger partial charge in [0.1, 0.15) is 0 Å². The molecule has 1 atom stereocenters. The molecule has 4 aromatic rings. The van der Waals surface area contributed by atoms with E-state index in [1.165, 1.54) is 74.9 Å². The Hall–Kier alpha value is -3.55. The molecule has 1 unspecified atom stereocenters. The third kappa shape index (κ3) is 4.26. The summed E-state index contributed by atoms with van der Waals surface area (Å²) in [6.07, 6.45) is 7.37. The molecular weight excluding hydrogens is 557 g/mol. The van der Waals surface area contributed by atoms with Gasteiger partial charge in [-0.25, -0.2) is 0 Å². The van der Waals surface area contributed by atoms with Crippen molar-refractivity contribution in [3.8, 4) is 22.3 Å². The van der Waals surface area contributed by atoms with Gasteiger partial charge in [0.2, 0.25) is 0 Å². The fourth-order valence-corrected chi connectivity index (χ4v) is 13.4. The molecule has 3 aromatic carbocycles. The fourth-order valence-electron chi connectivity index (χ4n) is 9.24. The first-order chi connectivity index (χ1) is 21.5. The highest BCUT2D eigenvalue weighted by Crippen LogP contribution is 2.52. The monoisotopic (exact) mass is 602 g/mol. The second-order valence-electron chi connectivity index (χ2n) is 15.4. The Labute approximate surface area is 272 Å². The second kappa shape index (κ2) is 10.2. The maximum Gasteiger partial charge on any atom is 0.0579 e. The van der Waals surface area contributed by atoms with Gasteiger partial charge in [-0.1, -0.05) is 121 Å². The molecule has 1 heteroatoms. The molecule has 0 saturated heterocycles. The molecule has 8 rings (SSSR count). The van der Waals surface area contributed by atoms with Crippen LogP contribution in [0, 0.1) is 0 Å². The fraction of sp³-hybridized carbons (Fsp3) is 0.341. The van der Waals surface area contributed by atoms with E-state index in [-0.39, 0.29) is 5.41 Å². The Morgan fingerprint density at radius 2 is 1.44 bits per heavy atom. The van der Waals surface area contributed by atoms with E-state index in [9.17, 15) is 0 Å². The molecule has 1 aromatic heterocycles. The van der Waals surface area contributed by atoms with E-state index in [0.29, 0.717) is 11.5 Å². The van der Waals surface area contributed by atoms with E-state index in [1.807, 2.05) is 0 Å². The lowest BCUT2D eigenvalue weighted by molar-refractivity contribution is 0.590. The van der Waals surface area contributed by atoms with Crippen molar-refractivity contribution in [2.45, 2.75) is 97.9 Å². The molecule has 226 valence electrons. The highest BCUT2D eigenvalue weighted by Gasteiger charge is 2.38. The second-order valence-corrected chi connectivity index (χ2v) is 18.0. The first-order valence-corrected chi connectivity index (χ1v) is 18.7. The third-order valence-electron chi connectivity index (χ3n) is 11.9. The van der Waals surface area contributed by atoms with Crippen molar-refractivity contribution in [3.63, 3.8) is 0 Å². The molecule has 4 aliphatic carbocycles. The van der Waals surface area contributed by atoms with E-state index in [1.54, 1.807) is 38.2 Å². The summed E-state index contributed by atoms with van der Waals surface area (Å²) < 4.78 is 0. The Morgan fingerprint density at radius 3 is 2.16 bits per heavy atom. The zero-order valence-corrected chi connectivity index (χ0v) is 29.4. The molecule has 0 nitrogen and oxygen atoms in total. The Balaban J connectivity index is 1.36. The molecular formula is C44H46Si. The topological polar surface area (TPSA) is 0 Å². The lowest BCUT2D eigenvalue weighted by atomic mass is 9.83. The van der Waals surface area contributed by atoms with Crippen molar-refractivity contribution in [3.05, 3.63) is 138 Å². The van der Waals surface area contributed by atoms with Gasteiger partial charge in [-0.05, 0) is 132 Å². The number of allylic oxidation sites excluding steroid dienone is 5. The molecule has 0 amide bonds. The van der Waals surface area contributed by atoms with E-state index >= 15 is 0 Å². The Morgan fingerprint density at radius 1 is 0.733 bits per heavy atom. The summed E-state index contributed by atoms with van der Waals surface area (Å²) in [6, 6.07) is 26.5. The van der Waals surface area contributed by atoms with Gasteiger partial charge in [-0.2, -0.15) is 0 Å². The predicted molar refractivity (Wildman–Crippen MR) is 195 cm³/mol. The predicted octanol–water partition coefficient (Wildman–Crippen LogP) is 11.5. The summed E-state index contributed by atoms with van der Waals surface area (Å²) in [5, 5.41) is 3.45. The van der Waals surface area contributed by atoms with Crippen molar-refractivity contribution in [1.29, 1.82) is 0 Å². The molecule has 0 radical (unpaired) electrons. The molecule has 0 saturated carbocycles. The molecule has 0 bridgehead atoms. The van der Waals surface area contributed by atoms with Gasteiger partial charge in [-0.15, -0.1) is 0 Å². The molecule has 0 N–H and O–H groups in total. The van der Waals surface area contributed by atoms with E-state index < -0.39 is 8.40 Å². The maximum atomic E-state index is 2.65. The zero-order chi connectivity index (χ0) is 31.4. The number of benzene rings is 3. The van der Waals surface area contributed by atoms with Crippen molar-refractivity contribution in [2.24, 2.45) is 0 Å². The number of hydrogen-bond donors (Lipinski definition) is 0. The molecule has 0 fully saturated rings. The van der Waals surface area contributed by atoms with Crippen LogP contribution in [-0.2, 0) is 24.7 Å². The van der Waals surface area contributed by atoms with Crippen LogP contribution >= 0.6 is 0 Å². The standard InChI is InChI=1S/C44H46Si/c1-25-22-37-38(23-31-13-11-15-35(31)42(37)30-16-18-33(19-17-30)44(6,7)8)41(25)39-21-20-36-34-14-10-9-12-32(34)24-40(36)45(39)43-28(4)26(2)27(3)29(43)5/h9-10,12,14,16-23,41,43H,11,13,15,24H2,1-8H3. The number of fused-ring (bicyclic) bond motifs is 5. The van der Waals surface area contributed by atoms with Crippen LogP contribution in [0.1, 0.15) is 117 Å². The van der Waals surface area contributed by atoms with Gasteiger partial charge in [0.15, 0.2) is 0 Å². The van der Waals surface area contributed by atoms with Gasteiger partial charge < -0.3 is 0 Å². The Kier molecular flexibility index (Phi) is 6.57. The average molecular weight is 603 g/mol. The van der Waals surface area contributed by atoms with Crippen molar-refractivity contribution in [2.75, 3.05) is 0 Å². The van der Waals surface area contributed by atoms with Crippen LogP contribution < -0.4 is 0 Å². The normalized spacial score (nSPS) is 18.8. The molecule has 0 aliphatic heterocycles. The average Bonchev–Trinajstić information content (AvgIpc) is 3.76. The molecule has 1 heterocycles. The van der Waals surface area contributed by atoms with Crippen LogP contribution in [0.2, 0.25) is 0 Å². The largest absolute Gasteiger partial charge is 0.0621 e. The minimum Gasteiger partial charge on any atom is -0.0621 e. The molecule has 0 spiro atoms. The van der Waals surface area contributed by atoms with E-state index in [2.05, 4.69) is 128 Å². The summed E-state index contributed by atoms with van der Waals surface area (Å²) in [5.74, 6) is 0.364. The number of rotatable bonds is 3. The van der Waals surface area contributed by atoms with Crippen LogP contribution in [0.5, 0.6) is 0 Å². The van der Waals surface area contributed by atoms with Crippen LogP contribution in [0.25, 0.3) is 28.3 Å². The molecule has 4 aliphatic rings. The lowest BCUT2D eigenvalue weighted by Crippen LogP contribution is -2.23. The summed E-state index contributed by atoms with van der Waals surface area (Å²) >= 11 is 0. The maximum absolute atomic E-state index is 2.65. The van der Waals surface area contributed by atoms with E-state index in [4.69, 9.17) is 0 Å². The number of aryl methyl sites for hydroxylation is 1. The van der Waals surface area contributed by atoms with Crippen LogP contribution in [-0.4, -0.2) is 8.40 Å². The van der Waals surface area contributed by atoms with Crippen molar-refractivity contribution >= 4 is 14.5 Å². The quantitative estimate of drug-likeness (QED) is 0.180. The van der Waals surface area contributed by atoms with Gasteiger partial charge in [0, 0.05) is 11.5 Å². The van der Waals surface area contributed by atoms with Crippen molar-refractivity contribution in [1.82, 2.24) is 0 Å². The number of hydrogen-bond acceptors (Lipinski definition) is 0. The summed E-state index contributed by atoms with van der Waals surface area (Å²) in [6.45, 7) is 19.0. The van der Waals surface area contributed by atoms with Crippen LogP contribution in [0.15, 0.2) is 94.6 Å². The summed E-state index contributed by atoms with van der Waals surface area (Å²) in [5.41, 5.74) is 23.6. The smallest absolute Gasteiger partial charge is 0.0579 e. The van der Waals surface area contributed by atoms with Crippen molar-refractivity contribution < 1.29 is 0 Å². The van der Waals surface area contributed by atoms with Gasteiger partial charge in [0.05, 0.1) is 8.40 Å². The lowest BCUT2D eigenvalue weighted by Gasteiger charge is -2.28.